The monoisotopic (exact) mass is 263 g/mol. The first-order chi connectivity index (χ1) is 9.13. The molecule has 0 radical (unpaired) electrons. The summed E-state index contributed by atoms with van der Waals surface area (Å²) in [6.45, 7) is 0. The van der Waals surface area contributed by atoms with Gasteiger partial charge in [0.1, 0.15) is 5.75 Å². The molecule has 1 aromatic rings. The highest BCUT2D eigenvalue weighted by atomic mass is 16.5. The first kappa shape index (κ1) is 13.9. The van der Waals surface area contributed by atoms with Gasteiger partial charge in [0.15, 0.2) is 0 Å². The maximum atomic E-state index is 10.6. The zero-order valence-electron chi connectivity index (χ0n) is 11.3. The zero-order valence-corrected chi connectivity index (χ0v) is 11.3. The second-order valence-electron chi connectivity index (χ2n) is 5.07. The van der Waals surface area contributed by atoms with Gasteiger partial charge in [0.2, 0.25) is 0 Å². The van der Waals surface area contributed by atoms with Gasteiger partial charge in [0, 0.05) is 18.0 Å². The first-order valence-corrected chi connectivity index (χ1v) is 6.79. The third-order valence-electron chi connectivity index (χ3n) is 3.78. The predicted octanol–water partition coefficient (Wildman–Crippen LogP) is 2.44. The third kappa shape index (κ3) is 3.07. The minimum absolute atomic E-state index is 0.0847. The standard InChI is InChI=1S/C15H21NO3/c1-19-15-11-5-3-2-4-10(11)6-7-12(15)13(16)8-9-14(17)18/h6-7,13H,2-5,8-9,16H2,1H3,(H,17,18). The molecule has 0 aliphatic heterocycles. The van der Waals surface area contributed by atoms with Crippen LogP contribution >= 0.6 is 0 Å². The van der Waals surface area contributed by atoms with Crippen molar-refractivity contribution in [1.29, 1.82) is 0 Å². The van der Waals surface area contributed by atoms with Gasteiger partial charge in [0.05, 0.1) is 7.11 Å². The van der Waals surface area contributed by atoms with E-state index in [2.05, 4.69) is 6.07 Å². The first-order valence-electron chi connectivity index (χ1n) is 6.79. The Morgan fingerprint density at radius 2 is 2.16 bits per heavy atom. The number of aryl methyl sites for hydroxylation is 1. The molecule has 1 aliphatic carbocycles. The van der Waals surface area contributed by atoms with Crippen LogP contribution in [0.25, 0.3) is 0 Å². The van der Waals surface area contributed by atoms with E-state index in [0.717, 1.165) is 24.2 Å². The van der Waals surface area contributed by atoms with Gasteiger partial charge < -0.3 is 15.6 Å². The fourth-order valence-electron chi connectivity index (χ4n) is 2.78. The summed E-state index contributed by atoms with van der Waals surface area (Å²) in [5.74, 6) is 0.0578. The Balaban J connectivity index is 2.27. The van der Waals surface area contributed by atoms with Gasteiger partial charge in [-0.15, -0.1) is 0 Å². The van der Waals surface area contributed by atoms with Crippen molar-refractivity contribution >= 4 is 5.97 Å². The van der Waals surface area contributed by atoms with Crippen molar-refractivity contribution < 1.29 is 14.6 Å². The Morgan fingerprint density at radius 1 is 1.42 bits per heavy atom. The molecule has 0 saturated carbocycles. The smallest absolute Gasteiger partial charge is 0.303 e. The second kappa shape index (κ2) is 6.06. The van der Waals surface area contributed by atoms with E-state index in [-0.39, 0.29) is 12.5 Å². The summed E-state index contributed by atoms with van der Waals surface area (Å²) < 4.78 is 5.54. The molecule has 104 valence electrons. The van der Waals surface area contributed by atoms with Crippen molar-refractivity contribution in [1.82, 2.24) is 0 Å². The van der Waals surface area contributed by atoms with E-state index in [1.54, 1.807) is 7.11 Å². The molecular weight excluding hydrogens is 242 g/mol. The molecule has 1 unspecified atom stereocenters. The largest absolute Gasteiger partial charge is 0.496 e. The number of hydrogen-bond acceptors (Lipinski definition) is 3. The topological polar surface area (TPSA) is 72.5 Å². The van der Waals surface area contributed by atoms with E-state index in [1.165, 1.54) is 24.0 Å². The fourth-order valence-corrected chi connectivity index (χ4v) is 2.78. The lowest BCUT2D eigenvalue weighted by atomic mass is 9.87. The Morgan fingerprint density at radius 3 is 2.84 bits per heavy atom. The van der Waals surface area contributed by atoms with Crippen LogP contribution in [0.1, 0.15) is 48.4 Å². The molecule has 3 N–H and O–H groups in total. The van der Waals surface area contributed by atoms with Gasteiger partial charge in [-0.3, -0.25) is 4.79 Å². The second-order valence-corrected chi connectivity index (χ2v) is 5.07. The predicted molar refractivity (Wildman–Crippen MR) is 73.4 cm³/mol. The molecule has 0 aromatic heterocycles. The van der Waals surface area contributed by atoms with Crippen LogP contribution in [0, 0.1) is 0 Å². The number of rotatable bonds is 5. The SMILES string of the molecule is COc1c(C(N)CCC(=O)O)ccc2c1CCCC2. The van der Waals surface area contributed by atoms with Crippen LogP contribution in [0.2, 0.25) is 0 Å². The molecule has 0 fully saturated rings. The highest BCUT2D eigenvalue weighted by molar-refractivity contribution is 5.66. The Bertz CT molecular complexity index is 471. The van der Waals surface area contributed by atoms with Crippen LogP contribution in [0.3, 0.4) is 0 Å². The van der Waals surface area contributed by atoms with Crippen molar-refractivity contribution in [2.45, 2.75) is 44.6 Å². The number of carboxylic acids is 1. The number of methoxy groups -OCH3 is 1. The van der Waals surface area contributed by atoms with Gasteiger partial charge in [-0.25, -0.2) is 0 Å². The van der Waals surface area contributed by atoms with E-state index in [0.29, 0.717) is 6.42 Å². The quantitative estimate of drug-likeness (QED) is 0.855. The number of nitrogens with two attached hydrogens (primary N) is 1. The molecule has 0 bridgehead atoms. The highest BCUT2D eigenvalue weighted by Crippen LogP contribution is 2.36. The molecule has 2 rings (SSSR count). The normalized spacial score (nSPS) is 15.7. The lowest BCUT2D eigenvalue weighted by Gasteiger charge is -2.23. The Kier molecular flexibility index (Phi) is 4.43. The molecular formula is C15H21NO3. The molecule has 0 spiro atoms. The maximum absolute atomic E-state index is 10.6. The lowest BCUT2D eigenvalue weighted by Crippen LogP contribution is -2.16. The number of fused-ring (bicyclic) bond motifs is 1. The molecule has 4 heteroatoms. The van der Waals surface area contributed by atoms with Gasteiger partial charge in [0.25, 0.3) is 0 Å². The van der Waals surface area contributed by atoms with Gasteiger partial charge in [-0.1, -0.05) is 12.1 Å². The summed E-state index contributed by atoms with van der Waals surface area (Å²) in [4.78, 5) is 10.6. The third-order valence-corrected chi connectivity index (χ3v) is 3.78. The molecule has 1 atom stereocenters. The number of aliphatic carboxylic acids is 1. The van der Waals surface area contributed by atoms with Crippen molar-refractivity contribution in [2.24, 2.45) is 5.73 Å². The summed E-state index contributed by atoms with van der Waals surface area (Å²) in [7, 11) is 1.66. The summed E-state index contributed by atoms with van der Waals surface area (Å²) in [6, 6.07) is 3.83. The molecule has 0 saturated heterocycles. The average Bonchev–Trinajstić information content (AvgIpc) is 2.43. The van der Waals surface area contributed by atoms with Crippen LogP contribution in [0.4, 0.5) is 0 Å². The van der Waals surface area contributed by atoms with E-state index >= 15 is 0 Å². The molecule has 1 aromatic carbocycles. The number of carbonyl (C=O) groups is 1. The van der Waals surface area contributed by atoms with Gasteiger partial charge >= 0.3 is 5.97 Å². The number of ether oxygens (including phenoxy) is 1. The fraction of sp³-hybridized carbons (Fsp3) is 0.533. The zero-order chi connectivity index (χ0) is 13.8. The minimum Gasteiger partial charge on any atom is -0.496 e. The summed E-state index contributed by atoms with van der Waals surface area (Å²) in [5, 5.41) is 8.74. The van der Waals surface area contributed by atoms with E-state index in [9.17, 15) is 4.79 Å². The molecule has 1 aliphatic rings. The van der Waals surface area contributed by atoms with Crippen LogP contribution in [0.5, 0.6) is 5.75 Å². The maximum Gasteiger partial charge on any atom is 0.303 e. The van der Waals surface area contributed by atoms with Crippen LogP contribution in [-0.4, -0.2) is 18.2 Å². The number of hydrogen-bond donors (Lipinski definition) is 2. The lowest BCUT2D eigenvalue weighted by molar-refractivity contribution is -0.137. The summed E-state index contributed by atoms with van der Waals surface area (Å²) in [6.07, 6.45) is 5.04. The summed E-state index contributed by atoms with van der Waals surface area (Å²) in [5.41, 5.74) is 9.65. The molecule has 4 nitrogen and oxygen atoms in total. The van der Waals surface area contributed by atoms with Crippen molar-refractivity contribution in [3.05, 3.63) is 28.8 Å². The average molecular weight is 263 g/mol. The molecule has 19 heavy (non-hydrogen) atoms. The van der Waals surface area contributed by atoms with Crippen LogP contribution in [-0.2, 0) is 17.6 Å². The van der Waals surface area contributed by atoms with Gasteiger partial charge in [-0.05, 0) is 43.2 Å². The Labute approximate surface area is 113 Å². The minimum atomic E-state index is -0.813. The number of carboxylic acid groups (broad SMARTS) is 1. The van der Waals surface area contributed by atoms with E-state index < -0.39 is 5.97 Å². The van der Waals surface area contributed by atoms with Crippen LogP contribution < -0.4 is 10.5 Å². The highest BCUT2D eigenvalue weighted by Gasteiger charge is 2.20. The number of benzene rings is 1. The van der Waals surface area contributed by atoms with Crippen molar-refractivity contribution in [3.63, 3.8) is 0 Å². The molecule has 0 heterocycles. The van der Waals surface area contributed by atoms with Gasteiger partial charge in [-0.2, -0.15) is 0 Å². The van der Waals surface area contributed by atoms with Crippen molar-refractivity contribution in [2.75, 3.05) is 7.11 Å². The van der Waals surface area contributed by atoms with E-state index in [1.807, 2.05) is 6.07 Å². The summed E-state index contributed by atoms with van der Waals surface area (Å²) >= 11 is 0. The van der Waals surface area contributed by atoms with E-state index in [4.69, 9.17) is 15.6 Å². The van der Waals surface area contributed by atoms with Crippen molar-refractivity contribution in [3.8, 4) is 5.75 Å². The van der Waals surface area contributed by atoms with Crippen LogP contribution in [0.15, 0.2) is 12.1 Å². The Hall–Kier alpha value is -1.55. The molecule has 0 amide bonds.